The number of nitrogens with zero attached hydrogens (tertiary/aromatic N) is 2. The molecule has 0 radical (unpaired) electrons. The first kappa shape index (κ1) is 18.1. The molecular formula is C21H24N2O3. The van der Waals surface area contributed by atoms with Gasteiger partial charge in [0.05, 0.1) is 19.6 Å². The van der Waals surface area contributed by atoms with Crippen molar-refractivity contribution >= 4 is 11.7 Å². The second-order valence-corrected chi connectivity index (χ2v) is 6.36. The third kappa shape index (κ3) is 5.17. The molecule has 0 atom stereocenters. The molecule has 0 bridgehead atoms. The fourth-order valence-corrected chi connectivity index (χ4v) is 3.00. The number of carbonyl (C=O) groups is 2. The Kier molecular flexibility index (Phi) is 6.39. The van der Waals surface area contributed by atoms with E-state index >= 15 is 0 Å². The van der Waals surface area contributed by atoms with E-state index in [1.54, 1.807) is 0 Å². The molecule has 0 aromatic heterocycles. The third-order valence-corrected chi connectivity index (χ3v) is 4.52. The number of ether oxygens (including phenoxy) is 1. The van der Waals surface area contributed by atoms with Crippen LogP contribution in [0.2, 0.25) is 0 Å². The molecule has 0 N–H and O–H groups in total. The molecule has 136 valence electrons. The van der Waals surface area contributed by atoms with Crippen LogP contribution < -0.4 is 4.74 Å². The van der Waals surface area contributed by atoms with E-state index in [9.17, 15) is 9.59 Å². The van der Waals surface area contributed by atoms with Gasteiger partial charge in [-0.05, 0) is 12.1 Å². The Morgan fingerprint density at radius 1 is 0.846 bits per heavy atom. The summed E-state index contributed by atoms with van der Waals surface area (Å²) in [6, 6.07) is 18.9. The third-order valence-electron chi connectivity index (χ3n) is 4.52. The number of Topliss-reactive ketones (excluding diaryl/α,β-unsaturated/α-hetero) is 1. The zero-order chi connectivity index (χ0) is 18.2. The van der Waals surface area contributed by atoms with Crippen LogP contribution in [0, 0.1) is 0 Å². The van der Waals surface area contributed by atoms with Gasteiger partial charge in [-0.2, -0.15) is 0 Å². The zero-order valence-corrected chi connectivity index (χ0v) is 14.8. The van der Waals surface area contributed by atoms with Gasteiger partial charge in [0.1, 0.15) is 5.75 Å². The highest BCUT2D eigenvalue weighted by molar-refractivity contribution is 5.97. The number of rotatable bonds is 7. The van der Waals surface area contributed by atoms with Gasteiger partial charge in [-0.25, -0.2) is 0 Å². The summed E-state index contributed by atoms with van der Waals surface area (Å²) in [6.45, 7) is 3.56. The van der Waals surface area contributed by atoms with Crippen LogP contribution in [-0.4, -0.2) is 60.8 Å². The molecule has 0 spiro atoms. The van der Waals surface area contributed by atoms with Crippen LogP contribution in [0.1, 0.15) is 16.8 Å². The van der Waals surface area contributed by atoms with E-state index in [1.165, 1.54) is 0 Å². The van der Waals surface area contributed by atoms with Crippen LogP contribution in [0.3, 0.4) is 0 Å². The molecule has 5 nitrogen and oxygen atoms in total. The summed E-state index contributed by atoms with van der Waals surface area (Å²) in [7, 11) is 0. The average molecular weight is 352 g/mol. The van der Waals surface area contributed by atoms with Crippen molar-refractivity contribution in [1.29, 1.82) is 0 Å². The number of carbonyl (C=O) groups excluding carboxylic acids is 2. The minimum absolute atomic E-state index is 0.106. The highest BCUT2D eigenvalue weighted by Crippen LogP contribution is 2.10. The maximum atomic E-state index is 12.3. The summed E-state index contributed by atoms with van der Waals surface area (Å²) in [4.78, 5) is 28.5. The monoisotopic (exact) mass is 352 g/mol. The average Bonchev–Trinajstić information content (AvgIpc) is 2.70. The highest BCUT2D eigenvalue weighted by Gasteiger charge is 2.22. The number of para-hydroxylation sites is 1. The van der Waals surface area contributed by atoms with Crippen LogP contribution in [0.25, 0.3) is 0 Å². The number of ketones is 1. The number of hydrogen-bond acceptors (Lipinski definition) is 4. The molecule has 1 heterocycles. The Hall–Kier alpha value is -2.66. The van der Waals surface area contributed by atoms with Crippen molar-refractivity contribution < 1.29 is 14.3 Å². The summed E-state index contributed by atoms with van der Waals surface area (Å²) in [6.07, 6.45) is 0.373. The standard InChI is InChI=1S/C21H24N2O3/c24-20(18-7-3-1-4-8-18)17-22-12-14-23(15-13-22)21(25)11-16-26-19-9-5-2-6-10-19/h1-10H,11-17H2. The molecule has 3 rings (SSSR count). The molecule has 2 aromatic carbocycles. The summed E-state index contributed by atoms with van der Waals surface area (Å²) in [5, 5.41) is 0. The summed E-state index contributed by atoms with van der Waals surface area (Å²) < 4.78 is 5.59. The SMILES string of the molecule is O=C(CN1CCN(C(=O)CCOc2ccccc2)CC1)c1ccccc1. The van der Waals surface area contributed by atoms with Crippen LogP contribution >= 0.6 is 0 Å². The Balaban J connectivity index is 1.37. The Morgan fingerprint density at radius 3 is 2.12 bits per heavy atom. The van der Waals surface area contributed by atoms with Crippen molar-refractivity contribution in [3.8, 4) is 5.75 Å². The van der Waals surface area contributed by atoms with E-state index in [4.69, 9.17) is 4.74 Å². The lowest BCUT2D eigenvalue weighted by Crippen LogP contribution is -2.50. The topological polar surface area (TPSA) is 49.9 Å². The summed E-state index contributed by atoms with van der Waals surface area (Å²) >= 11 is 0. The first-order valence-corrected chi connectivity index (χ1v) is 8.98. The van der Waals surface area contributed by atoms with Crippen molar-refractivity contribution in [3.05, 3.63) is 66.2 Å². The smallest absolute Gasteiger partial charge is 0.226 e. The molecule has 1 fully saturated rings. The lowest BCUT2D eigenvalue weighted by molar-refractivity contribution is -0.133. The fraction of sp³-hybridized carbons (Fsp3) is 0.333. The first-order chi connectivity index (χ1) is 12.7. The van der Waals surface area contributed by atoms with Gasteiger partial charge < -0.3 is 9.64 Å². The van der Waals surface area contributed by atoms with Gasteiger partial charge in [-0.3, -0.25) is 14.5 Å². The normalized spacial score (nSPS) is 14.8. The van der Waals surface area contributed by atoms with E-state index in [2.05, 4.69) is 4.90 Å². The van der Waals surface area contributed by atoms with Crippen LogP contribution in [0.4, 0.5) is 0 Å². The first-order valence-electron chi connectivity index (χ1n) is 8.98. The minimum atomic E-state index is 0.106. The second-order valence-electron chi connectivity index (χ2n) is 6.36. The molecule has 1 amide bonds. The van der Waals surface area contributed by atoms with E-state index in [1.807, 2.05) is 65.6 Å². The molecule has 26 heavy (non-hydrogen) atoms. The van der Waals surface area contributed by atoms with Gasteiger partial charge >= 0.3 is 0 Å². The lowest BCUT2D eigenvalue weighted by atomic mass is 10.1. The zero-order valence-electron chi connectivity index (χ0n) is 14.8. The summed E-state index contributed by atoms with van der Waals surface area (Å²) in [5.74, 6) is 1.01. The molecule has 1 aliphatic heterocycles. The quantitative estimate of drug-likeness (QED) is 0.719. The molecule has 1 aliphatic rings. The minimum Gasteiger partial charge on any atom is -0.493 e. The van der Waals surface area contributed by atoms with Crippen molar-refractivity contribution in [2.45, 2.75) is 6.42 Å². The molecule has 2 aromatic rings. The van der Waals surface area contributed by atoms with E-state index in [0.29, 0.717) is 32.7 Å². The maximum absolute atomic E-state index is 12.3. The van der Waals surface area contributed by atoms with Gasteiger partial charge in [-0.15, -0.1) is 0 Å². The Morgan fingerprint density at radius 2 is 1.46 bits per heavy atom. The van der Waals surface area contributed by atoms with Gasteiger partial charge in [0.25, 0.3) is 0 Å². The van der Waals surface area contributed by atoms with Crippen molar-refractivity contribution in [2.75, 3.05) is 39.3 Å². The fourth-order valence-electron chi connectivity index (χ4n) is 3.00. The molecule has 1 saturated heterocycles. The van der Waals surface area contributed by atoms with E-state index in [0.717, 1.165) is 24.4 Å². The van der Waals surface area contributed by atoms with Gasteiger partial charge in [-0.1, -0.05) is 48.5 Å². The van der Waals surface area contributed by atoms with Crippen molar-refractivity contribution in [3.63, 3.8) is 0 Å². The maximum Gasteiger partial charge on any atom is 0.226 e. The number of benzene rings is 2. The van der Waals surface area contributed by atoms with Gasteiger partial charge in [0, 0.05) is 31.7 Å². The largest absolute Gasteiger partial charge is 0.493 e. The predicted molar refractivity (Wildman–Crippen MR) is 100 cm³/mol. The van der Waals surface area contributed by atoms with Crippen LogP contribution in [-0.2, 0) is 4.79 Å². The number of amides is 1. The van der Waals surface area contributed by atoms with E-state index in [-0.39, 0.29) is 11.7 Å². The summed E-state index contributed by atoms with van der Waals surface area (Å²) in [5.41, 5.74) is 0.740. The Labute approximate surface area is 154 Å². The second kappa shape index (κ2) is 9.15. The predicted octanol–water partition coefficient (Wildman–Crippen LogP) is 2.48. The number of piperazine rings is 1. The molecule has 5 heteroatoms. The molecule has 0 aliphatic carbocycles. The van der Waals surface area contributed by atoms with Crippen molar-refractivity contribution in [1.82, 2.24) is 9.80 Å². The van der Waals surface area contributed by atoms with Crippen LogP contribution in [0.15, 0.2) is 60.7 Å². The number of hydrogen-bond donors (Lipinski definition) is 0. The Bertz CT molecular complexity index is 711. The van der Waals surface area contributed by atoms with Crippen molar-refractivity contribution in [2.24, 2.45) is 0 Å². The van der Waals surface area contributed by atoms with Crippen LogP contribution in [0.5, 0.6) is 5.75 Å². The molecule has 0 unspecified atom stereocenters. The van der Waals surface area contributed by atoms with E-state index < -0.39 is 0 Å². The molecule has 0 saturated carbocycles. The lowest BCUT2D eigenvalue weighted by Gasteiger charge is -2.34. The molecular weight excluding hydrogens is 328 g/mol. The van der Waals surface area contributed by atoms with Gasteiger partial charge in [0.15, 0.2) is 5.78 Å². The van der Waals surface area contributed by atoms with Gasteiger partial charge in [0.2, 0.25) is 5.91 Å². The highest BCUT2D eigenvalue weighted by atomic mass is 16.5.